The number of carbonyl (C=O) groups is 3. The maximum Gasteiger partial charge on any atom is 0.282 e. The van der Waals surface area contributed by atoms with E-state index in [2.05, 4.69) is 16.3 Å². The van der Waals surface area contributed by atoms with E-state index in [1.54, 1.807) is 12.1 Å². The number of amides is 3. The smallest absolute Gasteiger partial charge is 0.282 e. The molecule has 3 aromatic carbocycles. The Morgan fingerprint density at radius 1 is 0.971 bits per heavy atom. The highest BCUT2D eigenvalue weighted by Gasteiger charge is 2.45. The zero-order valence-corrected chi connectivity index (χ0v) is 18.2. The van der Waals surface area contributed by atoms with E-state index in [1.807, 2.05) is 30.3 Å². The van der Waals surface area contributed by atoms with Gasteiger partial charge in [-0.05, 0) is 43.2 Å². The summed E-state index contributed by atoms with van der Waals surface area (Å²) >= 11 is 0. The number of fused-ring (bicyclic) bond motifs is 2. The Labute approximate surface area is 194 Å². The van der Waals surface area contributed by atoms with Gasteiger partial charge in [0.05, 0.1) is 21.9 Å². The Morgan fingerprint density at radius 3 is 2.44 bits per heavy atom. The molecular formula is C25H20N4O5. The van der Waals surface area contributed by atoms with Gasteiger partial charge in [0.15, 0.2) is 0 Å². The number of nitrogens with one attached hydrogen (secondary N) is 1. The van der Waals surface area contributed by atoms with Gasteiger partial charge >= 0.3 is 0 Å². The maximum atomic E-state index is 13.2. The minimum atomic E-state index is -1.18. The molecule has 2 heterocycles. The highest BCUT2D eigenvalue weighted by Crippen LogP contribution is 2.38. The summed E-state index contributed by atoms with van der Waals surface area (Å²) in [6.07, 6.45) is 0.878. The van der Waals surface area contributed by atoms with Gasteiger partial charge in [-0.3, -0.25) is 29.4 Å². The molecule has 3 aromatic rings. The van der Waals surface area contributed by atoms with E-state index >= 15 is 0 Å². The van der Waals surface area contributed by atoms with Crippen LogP contribution >= 0.6 is 0 Å². The fourth-order valence-electron chi connectivity index (χ4n) is 4.55. The van der Waals surface area contributed by atoms with Crippen LogP contribution in [0.4, 0.5) is 22.7 Å². The molecule has 0 aromatic heterocycles. The Balaban J connectivity index is 1.41. The number of para-hydroxylation sites is 3. The van der Waals surface area contributed by atoms with E-state index in [9.17, 15) is 24.5 Å². The highest BCUT2D eigenvalue weighted by molar-refractivity contribution is 6.25. The van der Waals surface area contributed by atoms with Crippen molar-refractivity contribution in [3.63, 3.8) is 0 Å². The van der Waals surface area contributed by atoms with E-state index in [1.165, 1.54) is 30.7 Å². The molecule has 3 amide bonds. The summed E-state index contributed by atoms with van der Waals surface area (Å²) in [5.74, 6) is -2.15. The molecule has 9 nitrogen and oxygen atoms in total. The molecule has 1 atom stereocenters. The van der Waals surface area contributed by atoms with E-state index in [0.29, 0.717) is 5.69 Å². The summed E-state index contributed by atoms with van der Waals surface area (Å²) in [7, 11) is 0. The SMILES string of the molecule is CC(C(=O)Nc1ccccc1N1CCc2ccccc21)N1C(=O)c2cccc([N+](=O)[O-])c2C1=O. The number of carbonyl (C=O) groups excluding carboxylic acids is 3. The molecule has 1 unspecified atom stereocenters. The molecule has 0 saturated carbocycles. The van der Waals surface area contributed by atoms with Gasteiger partial charge in [-0.1, -0.05) is 36.4 Å². The van der Waals surface area contributed by atoms with Crippen LogP contribution in [0.3, 0.4) is 0 Å². The molecule has 0 radical (unpaired) electrons. The van der Waals surface area contributed by atoms with Gasteiger partial charge in [0.1, 0.15) is 11.6 Å². The summed E-state index contributed by atoms with van der Waals surface area (Å²) in [6, 6.07) is 18.1. The lowest BCUT2D eigenvalue weighted by atomic mass is 10.1. The summed E-state index contributed by atoms with van der Waals surface area (Å²) in [6.45, 7) is 2.18. The summed E-state index contributed by atoms with van der Waals surface area (Å²) in [5, 5.41) is 14.2. The van der Waals surface area contributed by atoms with Gasteiger partial charge in [-0.25, -0.2) is 0 Å². The molecule has 1 N–H and O–H groups in total. The third-order valence-electron chi connectivity index (χ3n) is 6.23. The molecular weight excluding hydrogens is 436 g/mol. The average molecular weight is 456 g/mol. The van der Waals surface area contributed by atoms with Crippen molar-refractivity contribution in [3.8, 4) is 0 Å². The number of rotatable bonds is 5. The second-order valence-corrected chi connectivity index (χ2v) is 8.15. The lowest BCUT2D eigenvalue weighted by molar-refractivity contribution is -0.385. The average Bonchev–Trinajstić information content (AvgIpc) is 3.38. The number of nitrogens with zero attached hydrogens (tertiary/aromatic N) is 3. The van der Waals surface area contributed by atoms with Crippen LogP contribution < -0.4 is 10.2 Å². The van der Waals surface area contributed by atoms with Crippen molar-refractivity contribution >= 4 is 40.5 Å². The van der Waals surface area contributed by atoms with Crippen molar-refractivity contribution in [2.24, 2.45) is 0 Å². The van der Waals surface area contributed by atoms with Gasteiger partial charge in [-0.2, -0.15) is 0 Å². The third kappa shape index (κ3) is 3.29. The van der Waals surface area contributed by atoms with Crippen molar-refractivity contribution < 1.29 is 19.3 Å². The van der Waals surface area contributed by atoms with Crippen LogP contribution in [0.1, 0.15) is 33.2 Å². The lowest BCUT2D eigenvalue weighted by Gasteiger charge is -2.25. The quantitative estimate of drug-likeness (QED) is 0.354. The van der Waals surface area contributed by atoms with Gasteiger partial charge in [-0.15, -0.1) is 0 Å². The number of nitro groups is 1. The van der Waals surface area contributed by atoms with Crippen LogP contribution in [-0.2, 0) is 11.2 Å². The van der Waals surface area contributed by atoms with Crippen LogP contribution in [-0.4, -0.2) is 40.1 Å². The van der Waals surface area contributed by atoms with Crippen LogP contribution in [0.5, 0.6) is 0 Å². The first-order valence-corrected chi connectivity index (χ1v) is 10.8. The second kappa shape index (κ2) is 8.11. The van der Waals surface area contributed by atoms with Crippen molar-refractivity contribution in [2.45, 2.75) is 19.4 Å². The molecule has 0 saturated heterocycles. The Kier molecular flexibility index (Phi) is 5.09. The molecule has 170 valence electrons. The number of anilines is 3. The molecule has 9 heteroatoms. The van der Waals surface area contributed by atoms with Gasteiger partial charge < -0.3 is 10.2 Å². The van der Waals surface area contributed by atoms with Crippen LogP contribution in [0.15, 0.2) is 66.7 Å². The number of nitro benzene ring substituents is 1. The van der Waals surface area contributed by atoms with Gasteiger partial charge in [0.2, 0.25) is 5.91 Å². The monoisotopic (exact) mass is 456 g/mol. The Morgan fingerprint density at radius 2 is 1.68 bits per heavy atom. The Bertz CT molecular complexity index is 1370. The molecule has 0 aliphatic carbocycles. The summed E-state index contributed by atoms with van der Waals surface area (Å²) < 4.78 is 0. The Hall–Kier alpha value is -4.53. The fourth-order valence-corrected chi connectivity index (χ4v) is 4.55. The minimum absolute atomic E-state index is 0.0760. The lowest BCUT2D eigenvalue weighted by Crippen LogP contribution is -2.45. The topological polar surface area (TPSA) is 113 Å². The van der Waals surface area contributed by atoms with E-state index < -0.39 is 34.4 Å². The van der Waals surface area contributed by atoms with Crippen molar-refractivity contribution in [3.05, 3.63) is 93.5 Å². The molecule has 0 spiro atoms. The van der Waals surface area contributed by atoms with Crippen molar-refractivity contribution in [2.75, 3.05) is 16.8 Å². The number of hydrogen-bond acceptors (Lipinski definition) is 6. The largest absolute Gasteiger partial charge is 0.339 e. The predicted molar refractivity (Wildman–Crippen MR) is 125 cm³/mol. The van der Waals surface area contributed by atoms with E-state index in [-0.39, 0.29) is 11.1 Å². The number of benzene rings is 3. The summed E-state index contributed by atoms with van der Waals surface area (Å²) in [4.78, 5) is 52.5. The first-order chi connectivity index (χ1) is 16.4. The van der Waals surface area contributed by atoms with Crippen LogP contribution in [0.2, 0.25) is 0 Å². The van der Waals surface area contributed by atoms with Crippen molar-refractivity contribution in [1.29, 1.82) is 0 Å². The standard InChI is InChI=1S/C25H20N4O5/c1-15(28-24(31)17-8-6-12-21(29(33)34)22(17)25(28)32)23(30)26-18-9-3-5-11-20(18)27-14-13-16-7-2-4-10-19(16)27/h2-12,15H,13-14H2,1H3,(H,26,30). The first-order valence-electron chi connectivity index (χ1n) is 10.8. The maximum absolute atomic E-state index is 13.2. The second-order valence-electron chi connectivity index (χ2n) is 8.15. The predicted octanol–water partition coefficient (Wildman–Crippen LogP) is 3.91. The van der Waals surface area contributed by atoms with Crippen molar-refractivity contribution in [1.82, 2.24) is 4.90 Å². The molecule has 5 rings (SSSR count). The van der Waals surface area contributed by atoms with Crippen LogP contribution in [0.25, 0.3) is 0 Å². The first kappa shape index (κ1) is 21.3. The minimum Gasteiger partial charge on any atom is -0.339 e. The zero-order valence-electron chi connectivity index (χ0n) is 18.2. The van der Waals surface area contributed by atoms with Gasteiger partial charge in [0.25, 0.3) is 17.5 Å². The molecule has 34 heavy (non-hydrogen) atoms. The van der Waals surface area contributed by atoms with E-state index in [4.69, 9.17) is 0 Å². The highest BCUT2D eigenvalue weighted by atomic mass is 16.6. The van der Waals surface area contributed by atoms with Gasteiger partial charge in [0, 0.05) is 18.3 Å². The van der Waals surface area contributed by atoms with Crippen LogP contribution in [0, 0.1) is 10.1 Å². The zero-order chi connectivity index (χ0) is 24.0. The van der Waals surface area contributed by atoms with E-state index in [0.717, 1.165) is 29.2 Å². The fraction of sp³-hybridized carbons (Fsp3) is 0.160. The molecule has 2 aliphatic heterocycles. The molecule has 2 aliphatic rings. The number of hydrogen-bond donors (Lipinski definition) is 1. The number of imide groups is 1. The molecule has 0 bridgehead atoms. The normalized spacial score (nSPS) is 15.2. The summed E-state index contributed by atoms with van der Waals surface area (Å²) in [5.41, 5.74) is 2.79. The third-order valence-corrected chi connectivity index (χ3v) is 6.23. The molecule has 0 fully saturated rings.